The SMILES string of the molecule is CCC(NC(=O)CN)c1cc(F)ccc1F. The molecule has 0 radical (unpaired) electrons. The van der Waals surface area contributed by atoms with Crippen LogP contribution in [0.1, 0.15) is 24.9 Å². The van der Waals surface area contributed by atoms with Crippen molar-refractivity contribution in [2.45, 2.75) is 19.4 Å². The number of amides is 1. The van der Waals surface area contributed by atoms with Crippen LogP contribution < -0.4 is 11.1 Å². The highest BCUT2D eigenvalue weighted by atomic mass is 19.1. The molecule has 1 rings (SSSR count). The summed E-state index contributed by atoms with van der Waals surface area (Å²) in [5.74, 6) is -1.46. The van der Waals surface area contributed by atoms with E-state index < -0.39 is 23.6 Å². The molecule has 0 aliphatic heterocycles. The van der Waals surface area contributed by atoms with Crippen molar-refractivity contribution in [3.8, 4) is 0 Å². The maximum Gasteiger partial charge on any atom is 0.234 e. The van der Waals surface area contributed by atoms with Crippen LogP contribution in [0.4, 0.5) is 8.78 Å². The Morgan fingerprint density at radius 3 is 2.75 bits per heavy atom. The number of carbonyl (C=O) groups is 1. The van der Waals surface area contributed by atoms with Gasteiger partial charge in [-0.1, -0.05) is 6.92 Å². The molecule has 1 aromatic carbocycles. The predicted octanol–water partition coefficient (Wildman–Crippen LogP) is 1.49. The van der Waals surface area contributed by atoms with Crippen LogP contribution in [0.2, 0.25) is 0 Å². The Labute approximate surface area is 92.6 Å². The lowest BCUT2D eigenvalue weighted by molar-refractivity contribution is -0.120. The molecule has 0 aromatic heterocycles. The number of carbonyl (C=O) groups excluding carboxylic acids is 1. The molecule has 1 atom stereocenters. The third kappa shape index (κ3) is 3.00. The molecule has 0 fully saturated rings. The highest BCUT2D eigenvalue weighted by Gasteiger charge is 2.16. The van der Waals surface area contributed by atoms with E-state index in [1.54, 1.807) is 6.92 Å². The second-order valence-electron chi connectivity index (χ2n) is 3.40. The fourth-order valence-electron chi connectivity index (χ4n) is 1.43. The van der Waals surface area contributed by atoms with Crippen LogP contribution >= 0.6 is 0 Å². The van der Waals surface area contributed by atoms with Crippen LogP contribution in [0.25, 0.3) is 0 Å². The lowest BCUT2D eigenvalue weighted by Gasteiger charge is -2.17. The van der Waals surface area contributed by atoms with Crippen molar-refractivity contribution in [1.82, 2.24) is 5.32 Å². The number of rotatable bonds is 4. The van der Waals surface area contributed by atoms with Gasteiger partial charge in [-0.3, -0.25) is 4.79 Å². The van der Waals surface area contributed by atoms with Gasteiger partial charge in [-0.2, -0.15) is 0 Å². The molecule has 0 aliphatic rings. The highest BCUT2D eigenvalue weighted by Crippen LogP contribution is 2.20. The van der Waals surface area contributed by atoms with Gasteiger partial charge in [0.05, 0.1) is 12.6 Å². The zero-order valence-corrected chi connectivity index (χ0v) is 8.97. The highest BCUT2D eigenvalue weighted by molar-refractivity contribution is 5.78. The third-order valence-electron chi connectivity index (χ3n) is 2.26. The molecular weight excluding hydrogens is 214 g/mol. The van der Waals surface area contributed by atoms with E-state index in [0.717, 1.165) is 18.2 Å². The van der Waals surface area contributed by atoms with Crippen molar-refractivity contribution in [1.29, 1.82) is 0 Å². The molecule has 0 saturated carbocycles. The van der Waals surface area contributed by atoms with Crippen molar-refractivity contribution in [3.05, 3.63) is 35.4 Å². The Morgan fingerprint density at radius 2 is 2.19 bits per heavy atom. The second-order valence-corrected chi connectivity index (χ2v) is 3.40. The van der Waals surface area contributed by atoms with Gasteiger partial charge in [-0.25, -0.2) is 8.78 Å². The van der Waals surface area contributed by atoms with E-state index in [0.29, 0.717) is 6.42 Å². The molecule has 0 saturated heterocycles. The summed E-state index contributed by atoms with van der Waals surface area (Å²) in [5, 5.41) is 2.53. The molecule has 1 aromatic rings. The lowest BCUT2D eigenvalue weighted by Crippen LogP contribution is -2.33. The van der Waals surface area contributed by atoms with Crippen LogP contribution in [0.15, 0.2) is 18.2 Å². The normalized spacial score (nSPS) is 12.2. The van der Waals surface area contributed by atoms with Crippen molar-refractivity contribution < 1.29 is 13.6 Å². The van der Waals surface area contributed by atoms with Crippen molar-refractivity contribution in [2.75, 3.05) is 6.54 Å². The maximum atomic E-state index is 13.4. The molecule has 1 unspecified atom stereocenters. The minimum atomic E-state index is -0.549. The van der Waals surface area contributed by atoms with E-state index in [1.165, 1.54) is 0 Å². The second kappa shape index (κ2) is 5.55. The Kier molecular flexibility index (Phi) is 4.37. The van der Waals surface area contributed by atoms with Gasteiger partial charge < -0.3 is 11.1 Å². The smallest absolute Gasteiger partial charge is 0.234 e. The summed E-state index contributed by atoms with van der Waals surface area (Å²) < 4.78 is 26.4. The van der Waals surface area contributed by atoms with Gasteiger partial charge in [0.25, 0.3) is 0 Å². The minimum Gasteiger partial charge on any atom is -0.348 e. The lowest BCUT2D eigenvalue weighted by atomic mass is 10.0. The molecule has 5 heteroatoms. The van der Waals surface area contributed by atoms with Crippen molar-refractivity contribution in [3.63, 3.8) is 0 Å². The number of halogens is 2. The van der Waals surface area contributed by atoms with Gasteiger partial charge in [0, 0.05) is 5.56 Å². The molecule has 0 spiro atoms. The number of hydrogen-bond donors (Lipinski definition) is 2. The summed E-state index contributed by atoms with van der Waals surface area (Å²) >= 11 is 0. The Hall–Kier alpha value is -1.49. The molecule has 3 N–H and O–H groups in total. The fraction of sp³-hybridized carbons (Fsp3) is 0.364. The van der Waals surface area contributed by atoms with E-state index in [2.05, 4.69) is 5.32 Å². The van der Waals surface area contributed by atoms with Crippen LogP contribution in [0.5, 0.6) is 0 Å². The van der Waals surface area contributed by atoms with Gasteiger partial charge in [0.1, 0.15) is 11.6 Å². The number of nitrogens with one attached hydrogen (secondary N) is 1. The zero-order chi connectivity index (χ0) is 12.1. The summed E-state index contributed by atoms with van der Waals surface area (Å²) in [6.45, 7) is 1.60. The molecule has 0 aliphatic carbocycles. The first-order valence-corrected chi connectivity index (χ1v) is 5.02. The van der Waals surface area contributed by atoms with Crippen LogP contribution in [-0.4, -0.2) is 12.5 Å². The van der Waals surface area contributed by atoms with Gasteiger partial charge >= 0.3 is 0 Å². The van der Waals surface area contributed by atoms with E-state index >= 15 is 0 Å². The number of nitrogens with two attached hydrogens (primary N) is 1. The summed E-state index contributed by atoms with van der Waals surface area (Å²) in [6.07, 6.45) is 0.464. The first kappa shape index (κ1) is 12.6. The van der Waals surface area contributed by atoms with Gasteiger partial charge in [0.2, 0.25) is 5.91 Å². The summed E-state index contributed by atoms with van der Waals surface area (Å²) in [5.41, 5.74) is 5.28. The molecule has 16 heavy (non-hydrogen) atoms. The molecule has 88 valence electrons. The summed E-state index contributed by atoms with van der Waals surface area (Å²) in [7, 11) is 0. The average Bonchev–Trinajstić information content (AvgIpc) is 2.29. The standard InChI is InChI=1S/C11H14F2N2O/c1-2-10(15-11(16)6-14)8-5-7(12)3-4-9(8)13/h3-5,10H,2,6,14H2,1H3,(H,15,16). The monoisotopic (exact) mass is 228 g/mol. The molecule has 3 nitrogen and oxygen atoms in total. The summed E-state index contributed by atoms with van der Waals surface area (Å²) in [4.78, 5) is 11.1. The first-order chi connectivity index (χ1) is 7.58. The zero-order valence-electron chi connectivity index (χ0n) is 8.97. The molecule has 0 bridgehead atoms. The van der Waals surface area contributed by atoms with Gasteiger partial charge in [0.15, 0.2) is 0 Å². The van der Waals surface area contributed by atoms with Gasteiger partial charge in [-0.15, -0.1) is 0 Å². The quantitative estimate of drug-likeness (QED) is 0.820. The average molecular weight is 228 g/mol. The van der Waals surface area contributed by atoms with Crippen LogP contribution in [-0.2, 0) is 4.79 Å². The minimum absolute atomic E-state index is 0.143. The number of hydrogen-bond acceptors (Lipinski definition) is 2. The molecule has 0 heterocycles. The molecular formula is C11H14F2N2O. The topological polar surface area (TPSA) is 55.1 Å². The Balaban J connectivity index is 2.94. The van der Waals surface area contributed by atoms with E-state index in [1.807, 2.05) is 0 Å². The van der Waals surface area contributed by atoms with Crippen molar-refractivity contribution >= 4 is 5.91 Å². The van der Waals surface area contributed by atoms with E-state index in [-0.39, 0.29) is 12.1 Å². The van der Waals surface area contributed by atoms with Crippen LogP contribution in [0, 0.1) is 11.6 Å². The Morgan fingerprint density at radius 1 is 1.50 bits per heavy atom. The number of benzene rings is 1. The predicted molar refractivity (Wildman–Crippen MR) is 56.6 cm³/mol. The maximum absolute atomic E-state index is 13.4. The van der Waals surface area contributed by atoms with Gasteiger partial charge in [-0.05, 0) is 24.6 Å². The van der Waals surface area contributed by atoms with Crippen molar-refractivity contribution in [2.24, 2.45) is 5.73 Å². The van der Waals surface area contributed by atoms with Crippen LogP contribution in [0.3, 0.4) is 0 Å². The van der Waals surface area contributed by atoms with E-state index in [9.17, 15) is 13.6 Å². The third-order valence-corrected chi connectivity index (χ3v) is 2.26. The molecule has 1 amide bonds. The summed E-state index contributed by atoms with van der Waals surface area (Å²) in [6, 6.07) is 2.62. The largest absolute Gasteiger partial charge is 0.348 e. The first-order valence-electron chi connectivity index (χ1n) is 5.02. The Bertz CT molecular complexity index is 382. The van der Waals surface area contributed by atoms with E-state index in [4.69, 9.17) is 5.73 Å². The fourth-order valence-corrected chi connectivity index (χ4v) is 1.43.